The fraction of sp³-hybridized carbons (Fsp3) is 0.286. The summed E-state index contributed by atoms with van der Waals surface area (Å²) in [7, 11) is 1.59. The van der Waals surface area contributed by atoms with Crippen molar-refractivity contribution in [3.05, 3.63) is 70.5 Å². The number of halogens is 1. The number of ether oxygens (including phenoxy) is 1. The second-order valence-corrected chi connectivity index (χ2v) is 7.83. The molecule has 1 amide bonds. The highest BCUT2D eigenvalue weighted by atomic mass is 32.1. The molecule has 6 nitrogen and oxygen atoms in total. The van der Waals surface area contributed by atoms with Crippen LogP contribution in [0.4, 0.5) is 9.52 Å². The number of methoxy groups -OCH3 is 1. The Morgan fingerprint density at radius 1 is 1.10 bits per heavy atom. The quantitative estimate of drug-likeness (QED) is 0.644. The molecule has 2 heterocycles. The number of rotatable bonds is 5. The van der Waals surface area contributed by atoms with Gasteiger partial charge in [-0.2, -0.15) is 0 Å². The van der Waals surface area contributed by atoms with E-state index >= 15 is 0 Å². The van der Waals surface area contributed by atoms with Crippen molar-refractivity contribution in [1.29, 1.82) is 0 Å². The highest BCUT2D eigenvalue weighted by Gasteiger charge is 2.24. The van der Waals surface area contributed by atoms with E-state index in [0.29, 0.717) is 43.9 Å². The zero-order chi connectivity index (χ0) is 20.2. The van der Waals surface area contributed by atoms with Gasteiger partial charge < -0.3 is 14.5 Å². The summed E-state index contributed by atoms with van der Waals surface area (Å²) >= 11 is 1.54. The molecule has 2 aromatic carbocycles. The van der Waals surface area contributed by atoms with E-state index in [-0.39, 0.29) is 11.7 Å². The van der Waals surface area contributed by atoms with Crippen molar-refractivity contribution in [3.63, 3.8) is 0 Å². The van der Waals surface area contributed by atoms with Gasteiger partial charge in [0.15, 0.2) is 0 Å². The van der Waals surface area contributed by atoms with E-state index in [4.69, 9.17) is 4.74 Å². The average molecular weight is 412 g/mol. The van der Waals surface area contributed by atoms with Gasteiger partial charge in [0.25, 0.3) is 5.91 Å². The minimum atomic E-state index is -0.243. The smallest absolute Gasteiger partial charge is 0.254 e. The third-order valence-electron chi connectivity index (χ3n) is 4.88. The van der Waals surface area contributed by atoms with Crippen LogP contribution < -0.4 is 9.64 Å². The zero-order valence-electron chi connectivity index (χ0n) is 16.0. The summed E-state index contributed by atoms with van der Waals surface area (Å²) in [5.41, 5.74) is 1.64. The highest BCUT2D eigenvalue weighted by molar-refractivity contribution is 7.15. The molecule has 0 aliphatic carbocycles. The molecule has 4 rings (SSSR count). The Morgan fingerprint density at radius 2 is 1.86 bits per heavy atom. The van der Waals surface area contributed by atoms with Gasteiger partial charge in [-0.15, -0.1) is 10.2 Å². The number of piperazine rings is 1. The molecule has 0 saturated carbocycles. The first-order valence-corrected chi connectivity index (χ1v) is 10.2. The van der Waals surface area contributed by atoms with Crippen LogP contribution in [0.3, 0.4) is 0 Å². The van der Waals surface area contributed by atoms with Crippen molar-refractivity contribution in [2.24, 2.45) is 0 Å². The number of carbonyl (C=O) groups excluding carboxylic acids is 1. The van der Waals surface area contributed by atoms with Crippen molar-refractivity contribution in [2.75, 3.05) is 38.2 Å². The Morgan fingerprint density at radius 3 is 2.59 bits per heavy atom. The molecule has 150 valence electrons. The molecule has 0 atom stereocenters. The zero-order valence-corrected chi connectivity index (χ0v) is 16.9. The Balaban J connectivity index is 1.35. The predicted octanol–water partition coefficient (Wildman–Crippen LogP) is 3.24. The molecule has 8 heteroatoms. The summed E-state index contributed by atoms with van der Waals surface area (Å²) in [6.07, 6.45) is 0.631. The van der Waals surface area contributed by atoms with Crippen LogP contribution >= 0.6 is 11.3 Å². The molecule has 0 bridgehead atoms. The van der Waals surface area contributed by atoms with E-state index in [9.17, 15) is 9.18 Å². The first-order valence-electron chi connectivity index (χ1n) is 9.37. The third kappa shape index (κ3) is 4.54. The topological polar surface area (TPSA) is 58.6 Å². The van der Waals surface area contributed by atoms with Crippen LogP contribution in [-0.2, 0) is 6.42 Å². The summed E-state index contributed by atoms with van der Waals surface area (Å²) in [4.78, 5) is 16.7. The second-order valence-electron chi connectivity index (χ2n) is 6.79. The van der Waals surface area contributed by atoms with Gasteiger partial charge in [-0.1, -0.05) is 29.5 Å². The van der Waals surface area contributed by atoms with Crippen LogP contribution in [0.15, 0.2) is 48.5 Å². The largest absolute Gasteiger partial charge is 0.497 e. The van der Waals surface area contributed by atoms with E-state index in [1.807, 2.05) is 23.1 Å². The molecule has 1 aromatic heterocycles. The summed E-state index contributed by atoms with van der Waals surface area (Å²) in [6.45, 7) is 2.67. The molecule has 1 aliphatic heterocycles. The van der Waals surface area contributed by atoms with Gasteiger partial charge in [-0.05, 0) is 35.9 Å². The lowest BCUT2D eigenvalue weighted by molar-refractivity contribution is 0.0746. The summed E-state index contributed by atoms with van der Waals surface area (Å²) in [6, 6.07) is 13.7. The Labute approximate surface area is 172 Å². The highest BCUT2D eigenvalue weighted by Crippen LogP contribution is 2.24. The van der Waals surface area contributed by atoms with Gasteiger partial charge in [0.2, 0.25) is 5.13 Å². The minimum absolute atomic E-state index is 0.0119. The molecule has 3 aromatic rings. The SMILES string of the molecule is COc1cccc(C(=O)N2CCN(c3nnc(Cc4ccc(F)cc4)s3)CC2)c1. The Bertz CT molecular complexity index is 984. The van der Waals surface area contributed by atoms with E-state index in [1.54, 1.807) is 25.3 Å². The van der Waals surface area contributed by atoms with E-state index in [1.165, 1.54) is 23.5 Å². The molecule has 29 heavy (non-hydrogen) atoms. The van der Waals surface area contributed by atoms with E-state index in [2.05, 4.69) is 15.1 Å². The van der Waals surface area contributed by atoms with E-state index < -0.39 is 0 Å². The van der Waals surface area contributed by atoms with Crippen molar-refractivity contribution in [2.45, 2.75) is 6.42 Å². The molecule has 1 aliphatic rings. The lowest BCUT2D eigenvalue weighted by atomic mass is 10.1. The van der Waals surface area contributed by atoms with Crippen LogP contribution in [0.25, 0.3) is 0 Å². The van der Waals surface area contributed by atoms with Crippen LogP contribution in [0, 0.1) is 5.82 Å². The predicted molar refractivity (Wildman–Crippen MR) is 110 cm³/mol. The first-order chi connectivity index (χ1) is 14.1. The lowest BCUT2D eigenvalue weighted by Gasteiger charge is -2.34. The number of nitrogens with zero attached hydrogens (tertiary/aromatic N) is 4. The van der Waals surface area contributed by atoms with Crippen molar-refractivity contribution in [3.8, 4) is 5.75 Å². The molecule has 0 radical (unpaired) electrons. The second kappa shape index (κ2) is 8.57. The van der Waals surface area contributed by atoms with Crippen molar-refractivity contribution >= 4 is 22.4 Å². The average Bonchev–Trinajstić information content (AvgIpc) is 3.23. The number of anilines is 1. The monoisotopic (exact) mass is 412 g/mol. The fourth-order valence-electron chi connectivity index (χ4n) is 3.26. The summed E-state index contributed by atoms with van der Waals surface area (Å²) < 4.78 is 18.2. The number of hydrogen-bond acceptors (Lipinski definition) is 6. The van der Waals surface area contributed by atoms with Gasteiger partial charge in [-0.25, -0.2) is 4.39 Å². The Kier molecular flexibility index (Phi) is 5.71. The van der Waals surface area contributed by atoms with Gasteiger partial charge in [0.05, 0.1) is 7.11 Å². The summed E-state index contributed by atoms with van der Waals surface area (Å²) in [5.74, 6) is 0.447. The number of carbonyl (C=O) groups is 1. The van der Waals surface area contributed by atoms with Crippen LogP contribution in [0.2, 0.25) is 0 Å². The maximum atomic E-state index is 13.0. The standard InChI is InChI=1S/C21H21FN4O2S/c1-28-18-4-2-3-16(14-18)20(27)25-9-11-26(12-10-25)21-24-23-19(29-21)13-15-5-7-17(22)8-6-15/h2-8,14H,9-13H2,1H3. The number of hydrogen-bond donors (Lipinski definition) is 0. The number of amides is 1. The summed E-state index contributed by atoms with van der Waals surface area (Å²) in [5, 5.41) is 10.3. The number of benzene rings is 2. The van der Waals surface area contributed by atoms with Crippen molar-refractivity contribution < 1.29 is 13.9 Å². The maximum absolute atomic E-state index is 13.0. The third-order valence-corrected chi connectivity index (χ3v) is 5.86. The molecular weight excluding hydrogens is 391 g/mol. The minimum Gasteiger partial charge on any atom is -0.497 e. The molecular formula is C21H21FN4O2S. The van der Waals surface area contributed by atoms with Crippen LogP contribution in [0.1, 0.15) is 20.9 Å². The lowest BCUT2D eigenvalue weighted by Crippen LogP contribution is -2.48. The van der Waals surface area contributed by atoms with Crippen LogP contribution in [-0.4, -0.2) is 54.3 Å². The van der Waals surface area contributed by atoms with Crippen LogP contribution in [0.5, 0.6) is 5.75 Å². The van der Waals surface area contributed by atoms with E-state index in [0.717, 1.165) is 15.7 Å². The maximum Gasteiger partial charge on any atom is 0.254 e. The van der Waals surface area contributed by atoms with Gasteiger partial charge in [0.1, 0.15) is 16.6 Å². The molecule has 1 saturated heterocycles. The fourth-order valence-corrected chi connectivity index (χ4v) is 4.18. The molecule has 1 fully saturated rings. The molecule has 0 N–H and O–H groups in total. The molecule has 0 unspecified atom stereocenters. The van der Waals surface area contributed by atoms with Crippen molar-refractivity contribution in [1.82, 2.24) is 15.1 Å². The molecule has 0 spiro atoms. The number of aromatic nitrogens is 2. The normalized spacial score (nSPS) is 14.1. The van der Waals surface area contributed by atoms with Gasteiger partial charge in [-0.3, -0.25) is 4.79 Å². The van der Waals surface area contributed by atoms with Gasteiger partial charge in [0, 0.05) is 38.2 Å². The van der Waals surface area contributed by atoms with Gasteiger partial charge >= 0.3 is 0 Å². The first kappa shape index (κ1) is 19.3. The Hall–Kier alpha value is -3.00.